The zero-order valence-corrected chi connectivity index (χ0v) is 21.8. The number of hydrogen-bond donors (Lipinski definition) is 0. The first-order chi connectivity index (χ1) is 9.58. The smallest absolute Gasteiger partial charge is 1.00 e. The van der Waals surface area contributed by atoms with Crippen molar-refractivity contribution in [2.75, 3.05) is 0 Å². The average molecular weight is 452 g/mol. The summed E-state index contributed by atoms with van der Waals surface area (Å²) in [6, 6.07) is 0. The number of rotatable bonds is 4. The summed E-state index contributed by atoms with van der Waals surface area (Å²) in [7, 11) is -2.84. The number of allylic oxidation sites excluding steroid dienone is 7. The van der Waals surface area contributed by atoms with Crippen LogP contribution in [0.5, 0.6) is 0 Å². The summed E-state index contributed by atoms with van der Waals surface area (Å²) in [4.78, 5) is 0. The summed E-state index contributed by atoms with van der Waals surface area (Å²) < 4.78 is 0.313. The third-order valence-corrected chi connectivity index (χ3v) is 15.7. The molecule has 133 valence electrons. The maximum atomic E-state index is 3.66. The molecule has 0 fully saturated rings. The molecule has 2 rings (SSSR count). The zero-order valence-electron chi connectivity index (χ0n) is 15.9. The van der Waals surface area contributed by atoms with Gasteiger partial charge in [-0.2, -0.15) is 17.3 Å². The predicted molar refractivity (Wildman–Crippen MR) is 104 cm³/mol. The molecule has 0 nitrogen and oxygen atoms in total. The van der Waals surface area contributed by atoms with Crippen molar-refractivity contribution in [2.45, 2.75) is 63.8 Å². The van der Waals surface area contributed by atoms with E-state index < -0.39 is 15.3 Å². The molecule has 0 aromatic rings. The largest absolute Gasteiger partial charge is 3.00 e. The molecule has 0 amide bonds. The van der Waals surface area contributed by atoms with Gasteiger partial charge in [0.25, 0.3) is 0 Å². The molecule has 0 aromatic heterocycles. The molecule has 0 aliphatic heterocycles. The van der Waals surface area contributed by atoms with Crippen LogP contribution in [-0.4, -0.2) is 19.7 Å². The maximum absolute atomic E-state index is 3.66. The molecule has 0 saturated heterocycles. The van der Waals surface area contributed by atoms with Crippen LogP contribution in [0.25, 0.3) is 0 Å². The molecule has 0 heterocycles. The van der Waals surface area contributed by atoms with Crippen LogP contribution in [0.3, 0.4) is 0 Å². The van der Waals surface area contributed by atoms with E-state index in [1.165, 1.54) is 17.2 Å². The van der Waals surface area contributed by atoms with Gasteiger partial charge in [0.05, 0.1) is 8.07 Å². The Hall–Kier alpha value is 1.04. The predicted octanol–water partition coefficient (Wildman–Crippen LogP) is 0.0714. The van der Waals surface area contributed by atoms with E-state index in [9.17, 15) is 0 Å². The van der Waals surface area contributed by atoms with Crippen molar-refractivity contribution >= 4 is 26.5 Å². The Morgan fingerprint density at radius 1 is 1.08 bits per heavy atom. The molecule has 0 saturated carbocycles. The Balaban J connectivity index is 0. The van der Waals surface area contributed by atoms with E-state index in [2.05, 4.69) is 88.2 Å². The SMILES string of the molecule is CC1=CCC(S[Si](C)(C)C)([Si](C)(C)C2=[C-]CC=C2)C(C)=C1.[Cl-].[Cl-].[Ti+3]. The molecular formula is C18H29Cl2SSi2Ti. The van der Waals surface area contributed by atoms with Gasteiger partial charge in [-0.1, -0.05) is 56.0 Å². The first-order valence-electron chi connectivity index (χ1n) is 7.92. The van der Waals surface area contributed by atoms with Crippen molar-refractivity contribution in [3.05, 3.63) is 46.7 Å². The fourth-order valence-electron chi connectivity index (χ4n) is 3.55. The standard InChI is InChI=1S/C18H29SSi2.2ClH.Ti/c1-15-12-13-18(16(2)14-15,19-20(3,4)5)21(6,7)17-10-8-9-11-17;;;/h8,10,12,14H,9,13H2,1-7H3;2*1H;/q-1;;;+3/p-2. The molecule has 0 N–H and O–H groups in total. The Bertz CT molecular complexity index is 560. The first-order valence-corrected chi connectivity index (χ1v) is 16.0. The van der Waals surface area contributed by atoms with Crippen LogP contribution in [0.2, 0.25) is 32.7 Å². The van der Waals surface area contributed by atoms with Gasteiger partial charge >= 0.3 is 21.7 Å². The van der Waals surface area contributed by atoms with E-state index in [1.807, 2.05) is 0 Å². The van der Waals surface area contributed by atoms with E-state index in [-0.39, 0.29) is 46.5 Å². The molecule has 24 heavy (non-hydrogen) atoms. The van der Waals surface area contributed by atoms with Crippen molar-refractivity contribution in [1.82, 2.24) is 0 Å². The van der Waals surface area contributed by atoms with E-state index >= 15 is 0 Å². The Morgan fingerprint density at radius 2 is 1.67 bits per heavy atom. The number of hydrogen-bond acceptors (Lipinski definition) is 1. The van der Waals surface area contributed by atoms with Crippen molar-refractivity contribution in [3.63, 3.8) is 0 Å². The average Bonchev–Trinajstić information content (AvgIpc) is 2.85. The second-order valence-electron chi connectivity index (χ2n) is 7.84. The fraction of sp³-hybridized carbons (Fsp3) is 0.556. The van der Waals surface area contributed by atoms with Crippen molar-refractivity contribution in [2.24, 2.45) is 0 Å². The van der Waals surface area contributed by atoms with Gasteiger partial charge in [-0.25, -0.2) is 11.3 Å². The minimum Gasteiger partial charge on any atom is -1.00 e. The first kappa shape index (κ1) is 27.3. The summed E-state index contributed by atoms with van der Waals surface area (Å²) >= 11 is 2.32. The molecule has 1 atom stereocenters. The normalized spacial score (nSPS) is 23.2. The van der Waals surface area contributed by atoms with Crippen LogP contribution < -0.4 is 24.8 Å². The van der Waals surface area contributed by atoms with E-state index in [4.69, 9.17) is 0 Å². The minimum atomic E-state index is -1.62. The maximum Gasteiger partial charge on any atom is 3.00 e. The second-order valence-corrected chi connectivity index (χ2v) is 22.3. The summed E-state index contributed by atoms with van der Waals surface area (Å²) in [5.74, 6) is 0. The Morgan fingerprint density at radius 3 is 2.08 bits per heavy atom. The summed E-state index contributed by atoms with van der Waals surface area (Å²) in [5, 5.41) is 1.54. The third-order valence-electron chi connectivity index (χ3n) is 4.65. The van der Waals surface area contributed by atoms with Crippen LogP contribution in [0.15, 0.2) is 40.6 Å². The van der Waals surface area contributed by atoms with Crippen LogP contribution in [0.1, 0.15) is 26.7 Å². The molecule has 0 spiro atoms. The Labute approximate surface area is 182 Å². The van der Waals surface area contributed by atoms with Crippen LogP contribution in [0.4, 0.5) is 0 Å². The topological polar surface area (TPSA) is 0 Å². The van der Waals surface area contributed by atoms with Gasteiger partial charge in [0.15, 0.2) is 0 Å². The summed E-state index contributed by atoms with van der Waals surface area (Å²) in [5.41, 5.74) is 3.03. The molecule has 1 radical (unpaired) electrons. The quantitative estimate of drug-likeness (QED) is 0.430. The molecule has 2 aliphatic rings. The minimum absolute atomic E-state index is 0. The van der Waals surface area contributed by atoms with E-state index in [0.717, 1.165) is 6.42 Å². The van der Waals surface area contributed by atoms with Crippen molar-refractivity contribution in [1.29, 1.82) is 0 Å². The number of halogens is 2. The van der Waals surface area contributed by atoms with Gasteiger partial charge in [0.1, 0.15) is 7.22 Å². The Kier molecular flexibility index (Phi) is 11.2. The van der Waals surface area contributed by atoms with E-state index in [0.29, 0.717) is 4.37 Å². The third kappa shape index (κ3) is 5.52. The van der Waals surface area contributed by atoms with Crippen molar-refractivity contribution < 1.29 is 46.5 Å². The molecular weight excluding hydrogens is 423 g/mol. The summed E-state index contributed by atoms with van der Waals surface area (Å²) in [6.45, 7) is 17.2. The van der Waals surface area contributed by atoms with Gasteiger partial charge in [0, 0.05) is 4.37 Å². The zero-order chi connectivity index (χ0) is 15.9. The van der Waals surface area contributed by atoms with Gasteiger partial charge < -0.3 is 24.8 Å². The van der Waals surface area contributed by atoms with Gasteiger partial charge in [-0.3, -0.25) is 6.08 Å². The monoisotopic (exact) mass is 451 g/mol. The van der Waals surface area contributed by atoms with Crippen molar-refractivity contribution in [3.8, 4) is 0 Å². The van der Waals surface area contributed by atoms with Crippen LogP contribution in [-0.2, 0) is 21.7 Å². The second kappa shape index (κ2) is 9.82. The molecule has 2 aliphatic carbocycles. The molecule has 6 heteroatoms. The van der Waals surface area contributed by atoms with Gasteiger partial charge in [-0.05, 0) is 20.3 Å². The molecule has 0 bridgehead atoms. The van der Waals surface area contributed by atoms with Crippen LogP contribution in [0, 0.1) is 6.08 Å². The van der Waals surface area contributed by atoms with Gasteiger partial charge in [-0.15, -0.1) is 6.42 Å². The van der Waals surface area contributed by atoms with Gasteiger partial charge in [0.2, 0.25) is 0 Å². The molecule has 1 unspecified atom stereocenters. The summed E-state index contributed by atoms with van der Waals surface area (Å²) in [6.07, 6.45) is 15.4. The van der Waals surface area contributed by atoms with E-state index in [1.54, 1.807) is 5.57 Å². The molecule has 0 aromatic carbocycles. The van der Waals surface area contributed by atoms with Crippen LogP contribution >= 0.6 is 11.2 Å². The fourth-order valence-corrected chi connectivity index (χ4v) is 18.4.